The number of aliphatic carboxylic acids is 1. The molecule has 19 heavy (non-hydrogen) atoms. The Morgan fingerprint density at radius 1 is 1.42 bits per heavy atom. The minimum atomic E-state index is -0.861. The number of ether oxygens (including phenoxy) is 1. The van der Waals surface area contributed by atoms with Crippen LogP contribution in [-0.4, -0.2) is 29.8 Å². The summed E-state index contributed by atoms with van der Waals surface area (Å²) in [4.78, 5) is 23.9. The van der Waals surface area contributed by atoms with Crippen LogP contribution in [0.1, 0.15) is 25.3 Å². The lowest BCUT2D eigenvalue weighted by atomic mass is 10.1. The Morgan fingerprint density at radius 3 is 2.68 bits per heavy atom. The molecule has 1 unspecified atom stereocenters. The van der Waals surface area contributed by atoms with Crippen LogP contribution >= 0.6 is 0 Å². The molecule has 1 aliphatic heterocycles. The van der Waals surface area contributed by atoms with Crippen LogP contribution in [0.5, 0.6) is 0 Å². The van der Waals surface area contributed by atoms with Crippen molar-refractivity contribution in [3.8, 4) is 0 Å². The Bertz CT molecular complexity index is 469. The Kier molecular flexibility index (Phi) is 4.04. The van der Waals surface area contributed by atoms with Crippen molar-refractivity contribution in [2.75, 3.05) is 11.5 Å². The average molecular weight is 263 g/mol. The summed E-state index contributed by atoms with van der Waals surface area (Å²) in [6, 6.07) is 7.49. The number of cyclic esters (lactones) is 1. The van der Waals surface area contributed by atoms with Gasteiger partial charge in [-0.05, 0) is 30.5 Å². The highest BCUT2D eigenvalue weighted by molar-refractivity contribution is 5.90. The normalized spacial score (nSPS) is 18.5. The van der Waals surface area contributed by atoms with Crippen molar-refractivity contribution < 1.29 is 19.4 Å². The summed E-state index contributed by atoms with van der Waals surface area (Å²) in [5.74, 6) is -0.861. The maximum absolute atomic E-state index is 11.7. The molecule has 1 saturated heterocycles. The van der Waals surface area contributed by atoms with E-state index in [1.165, 1.54) is 5.56 Å². The maximum Gasteiger partial charge on any atom is 0.414 e. The van der Waals surface area contributed by atoms with Gasteiger partial charge >= 0.3 is 12.1 Å². The van der Waals surface area contributed by atoms with Crippen LogP contribution in [0, 0.1) is 0 Å². The largest absolute Gasteiger partial charge is 0.481 e. The van der Waals surface area contributed by atoms with Crippen molar-refractivity contribution in [3.63, 3.8) is 0 Å². The van der Waals surface area contributed by atoms with E-state index in [2.05, 4.69) is 6.92 Å². The Hall–Kier alpha value is -2.04. The van der Waals surface area contributed by atoms with E-state index in [-0.39, 0.29) is 19.1 Å². The van der Waals surface area contributed by atoms with Crippen molar-refractivity contribution in [1.29, 1.82) is 0 Å². The number of nitrogens with zero attached hydrogens (tertiary/aromatic N) is 1. The number of carboxylic acids is 1. The van der Waals surface area contributed by atoms with Crippen LogP contribution in [0.4, 0.5) is 10.5 Å². The number of carbonyl (C=O) groups is 2. The van der Waals surface area contributed by atoms with E-state index in [0.29, 0.717) is 6.42 Å². The molecular weight excluding hydrogens is 246 g/mol. The van der Waals surface area contributed by atoms with Gasteiger partial charge in [0.05, 0.1) is 6.04 Å². The summed E-state index contributed by atoms with van der Waals surface area (Å²) in [7, 11) is 0. The molecule has 0 radical (unpaired) electrons. The number of benzene rings is 1. The van der Waals surface area contributed by atoms with Gasteiger partial charge in [-0.25, -0.2) is 4.79 Å². The summed E-state index contributed by atoms with van der Waals surface area (Å²) in [5, 5.41) is 8.72. The minimum Gasteiger partial charge on any atom is -0.481 e. The summed E-state index contributed by atoms with van der Waals surface area (Å²) in [6.45, 7) is 2.32. The molecule has 1 aromatic carbocycles. The number of aryl methyl sites for hydroxylation is 1. The molecule has 1 N–H and O–H groups in total. The molecule has 0 aromatic heterocycles. The van der Waals surface area contributed by atoms with Crippen LogP contribution in [0.25, 0.3) is 0 Å². The molecule has 0 aliphatic carbocycles. The molecular formula is C14H17NO4. The first-order valence-electron chi connectivity index (χ1n) is 6.38. The van der Waals surface area contributed by atoms with E-state index in [1.54, 1.807) is 4.90 Å². The van der Waals surface area contributed by atoms with Crippen molar-refractivity contribution >= 4 is 17.7 Å². The average Bonchev–Trinajstić information content (AvgIpc) is 2.78. The first-order valence-corrected chi connectivity index (χ1v) is 6.38. The van der Waals surface area contributed by atoms with Gasteiger partial charge in [0.25, 0.3) is 0 Å². The van der Waals surface area contributed by atoms with Crippen molar-refractivity contribution in [1.82, 2.24) is 0 Å². The molecule has 1 aromatic rings. The molecule has 1 amide bonds. The van der Waals surface area contributed by atoms with Crippen molar-refractivity contribution in [2.45, 2.75) is 32.2 Å². The number of anilines is 1. The molecule has 2 rings (SSSR count). The molecule has 0 spiro atoms. The zero-order chi connectivity index (χ0) is 13.8. The van der Waals surface area contributed by atoms with E-state index in [9.17, 15) is 9.59 Å². The van der Waals surface area contributed by atoms with Gasteiger partial charge in [0, 0.05) is 12.1 Å². The highest BCUT2D eigenvalue weighted by atomic mass is 16.6. The van der Waals surface area contributed by atoms with Crippen LogP contribution in [0.3, 0.4) is 0 Å². The van der Waals surface area contributed by atoms with Gasteiger partial charge in [-0.15, -0.1) is 0 Å². The second-order valence-corrected chi connectivity index (χ2v) is 4.55. The summed E-state index contributed by atoms with van der Waals surface area (Å²) in [5.41, 5.74) is 1.95. The van der Waals surface area contributed by atoms with E-state index >= 15 is 0 Å². The third-order valence-electron chi connectivity index (χ3n) is 3.28. The zero-order valence-electron chi connectivity index (χ0n) is 10.8. The van der Waals surface area contributed by atoms with E-state index in [1.807, 2.05) is 24.3 Å². The summed E-state index contributed by atoms with van der Waals surface area (Å²) in [6.07, 6.45) is 0.967. The molecule has 1 fully saturated rings. The van der Waals surface area contributed by atoms with Crippen LogP contribution in [0.2, 0.25) is 0 Å². The van der Waals surface area contributed by atoms with Gasteiger partial charge in [0.1, 0.15) is 6.61 Å². The van der Waals surface area contributed by atoms with Gasteiger partial charge in [-0.1, -0.05) is 19.1 Å². The SMILES string of the molecule is CCc1ccc(N2C(=O)OCC2CCC(=O)O)cc1. The molecule has 5 heteroatoms. The summed E-state index contributed by atoms with van der Waals surface area (Å²) < 4.78 is 5.02. The lowest BCUT2D eigenvalue weighted by Crippen LogP contribution is -2.33. The highest BCUT2D eigenvalue weighted by Crippen LogP contribution is 2.25. The van der Waals surface area contributed by atoms with E-state index < -0.39 is 12.1 Å². The predicted molar refractivity (Wildman–Crippen MR) is 70.3 cm³/mol. The molecule has 1 heterocycles. The predicted octanol–water partition coefficient (Wildman–Crippen LogP) is 2.44. The van der Waals surface area contributed by atoms with Gasteiger partial charge in [0.15, 0.2) is 0 Å². The fourth-order valence-electron chi connectivity index (χ4n) is 2.17. The molecule has 1 atom stereocenters. The lowest BCUT2D eigenvalue weighted by Gasteiger charge is -2.21. The number of amides is 1. The molecule has 5 nitrogen and oxygen atoms in total. The Morgan fingerprint density at radius 2 is 2.11 bits per heavy atom. The topological polar surface area (TPSA) is 66.8 Å². The molecule has 1 aliphatic rings. The van der Waals surface area contributed by atoms with E-state index in [4.69, 9.17) is 9.84 Å². The lowest BCUT2D eigenvalue weighted by molar-refractivity contribution is -0.137. The Labute approximate surface area is 111 Å². The quantitative estimate of drug-likeness (QED) is 0.886. The maximum atomic E-state index is 11.7. The zero-order valence-corrected chi connectivity index (χ0v) is 10.8. The first kappa shape index (κ1) is 13.4. The highest BCUT2D eigenvalue weighted by Gasteiger charge is 2.34. The van der Waals surface area contributed by atoms with Crippen molar-refractivity contribution in [2.24, 2.45) is 0 Å². The number of carbonyl (C=O) groups excluding carboxylic acids is 1. The monoisotopic (exact) mass is 263 g/mol. The van der Waals surface area contributed by atoms with Crippen LogP contribution in [-0.2, 0) is 16.0 Å². The van der Waals surface area contributed by atoms with Gasteiger partial charge < -0.3 is 9.84 Å². The van der Waals surface area contributed by atoms with Gasteiger partial charge in [-0.2, -0.15) is 0 Å². The Balaban J connectivity index is 2.13. The minimum absolute atomic E-state index is 0.0326. The van der Waals surface area contributed by atoms with Gasteiger partial charge in [-0.3, -0.25) is 9.69 Å². The number of hydrogen-bond acceptors (Lipinski definition) is 3. The molecule has 0 saturated carbocycles. The summed E-state index contributed by atoms with van der Waals surface area (Å²) >= 11 is 0. The van der Waals surface area contributed by atoms with Gasteiger partial charge in [0.2, 0.25) is 0 Å². The third-order valence-corrected chi connectivity index (χ3v) is 3.28. The second kappa shape index (κ2) is 5.73. The number of rotatable bonds is 5. The van der Waals surface area contributed by atoms with E-state index in [0.717, 1.165) is 12.1 Å². The second-order valence-electron chi connectivity index (χ2n) is 4.55. The smallest absolute Gasteiger partial charge is 0.414 e. The van der Waals surface area contributed by atoms with Crippen LogP contribution < -0.4 is 4.90 Å². The third kappa shape index (κ3) is 3.05. The fourth-order valence-corrected chi connectivity index (χ4v) is 2.17. The molecule has 0 bridgehead atoms. The van der Waals surface area contributed by atoms with Crippen LogP contribution in [0.15, 0.2) is 24.3 Å². The fraction of sp³-hybridized carbons (Fsp3) is 0.429. The molecule has 102 valence electrons. The number of carboxylic acid groups (broad SMARTS) is 1. The first-order chi connectivity index (χ1) is 9.11. The van der Waals surface area contributed by atoms with Crippen molar-refractivity contribution in [3.05, 3.63) is 29.8 Å². The standard InChI is InChI=1S/C14H17NO4/c1-2-10-3-5-11(6-4-10)15-12(7-8-13(16)17)9-19-14(15)18/h3-6,12H,2,7-9H2,1H3,(H,16,17). The number of hydrogen-bond donors (Lipinski definition) is 1.